The molecule has 2 rings (SSSR count). The first-order chi connectivity index (χ1) is 9.09. The minimum atomic E-state index is -0.318. The molecule has 104 valence electrons. The van der Waals surface area contributed by atoms with Crippen molar-refractivity contribution < 1.29 is 9.66 Å². The third-order valence-electron chi connectivity index (χ3n) is 3.29. The summed E-state index contributed by atoms with van der Waals surface area (Å²) >= 11 is 0. The van der Waals surface area contributed by atoms with E-state index in [-0.39, 0.29) is 16.7 Å². The van der Waals surface area contributed by atoms with E-state index in [4.69, 9.17) is 4.74 Å². The molecule has 1 saturated heterocycles. The lowest BCUT2D eigenvalue weighted by Crippen LogP contribution is -2.44. The van der Waals surface area contributed by atoms with Crippen LogP contribution in [0.25, 0.3) is 0 Å². The Bertz CT molecular complexity index is 458. The molecule has 0 amide bonds. The maximum atomic E-state index is 11.2. The molecular weight excluding hydrogens is 246 g/mol. The highest BCUT2D eigenvalue weighted by atomic mass is 16.6. The molecule has 0 radical (unpaired) electrons. The summed E-state index contributed by atoms with van der Waals surface area (Å²) in [7, 11) is 1.86. The van der Waals surface area contributed by atoms with Crippen LogP contribution in [0.2, 0.25) is 0 Å². The summed E-state index contributed by atoms with van der Waals surface area (Å²) in [6, 6.07) is 5.38. The second-order valence-electron chi connectivity index (χ2n) is 4.78. The highest BCUT2D eigenvalue weighted by Gasteiger charge is 2.22. The molecule has 0 aromatic heterocycles. The molecule has 1 aromatic carbocycles. The lowest BCUT2D eigenvalue weighted by atomic mass is 10.1. The lowest BCUT2D eigenvalue weighted by molar-refractivity contribution is -0.384. The van der Waals surface area contributed by atoms with Crippen molar-refractivity contribution in [3.8, 4) is 0 Å². The second kappa shape index (κ2) is 5.99. The van der Waals surface area contributed by atoms with Gasteiger partial charge in [0.1, 0.15) is 5.69 Å². The predicted molar refractivity (Wildman–Crippen MR) is 73.7 cm³/mol. The van der Waals surface area contributed by atoms with Crippen molar-refractivity contribution in [2.75, 3.05) is 38.2 Å². The summed E-state index contributed by atoms with van der Waals surface area (Å²) in [6.07, 6.45) is 0.0684. The van der Waals surface area contributed by atoms with Gasteiger partial charge in [0, 0.05) is 32.2 Å². The van der Waals surface area contributed by atoms with Crippen LogP contribution in [0.4, 0.5) is 11.4 Å². The quantitative estimate of drug-likeness (QED) is 0.657. The number of rotatable bonds is 4. The largest absolute Gasteiger partial charge is 0.374 e. The minimum Gasteiger partial charge on any atom is -0.374 e. The van der Waals surface area contributed by atoms with Gasteiger partial charge in [-0.2, -0.15) is 0 Å². The molecule has 6 nitrogen and oxygen atoms in total. The fraction of sp³-hybridized carbons (Fsp3) is 0.538. The van der Waals surface area contributed by atoms with Gasteiger partial charge in [-0.05, 0) is 13.0 Å². The summed E-state index contributed by atoms with van der Waals surface area (Å²) in [5.74, 6) is 0. The average molecular weight is 265 g/mol. The Balaban J connectivity index is 2.16. The molecule has 0 bridgehead atoms. The summed E-state index contributed by atoms with van der Waals surface area (Å²) < 4.78 is 5.63. The van der Waals surface area contributed by atoms with Crippen LogP contribution >= 0.6 is 0 Å². The van der Waals surface area contributed by atoms with Crippen LogP contribution in [0.5, 0.6) is 0 Å². The minimum absolute atomic E-state index is 0.0684. The van der Waals surface area contributed by atoms with Gasteiger partial charge in [0.25, 0.3) is 5.69 Å². The van der Waals surface area contributed by atoms with Gasteiger partial charge >= 0.3 is 0 Å². The molecule has 6 heteroatoms. The van der Waals surface area contributed by atoms with E-state index in [0.717, 1.165) is 13.1 Å². The number of para-hydroxylation sites is 1. The van der Waals surface area contributed by atoms with E-state index < -0.39 is 0 Å². The van der Waals surface area contributed by atoms with E-state index in [1.54, 1.807) is 19.1 Å². The van der Waals surface area contributed by atoms with Gasteiger partial charge in [0.15, 0.2) is 0 Å². The van der Waals surface area contributed by atoms with E-state index in [9.17, 15) is 10.1 Å². The van der Waals surface area contributed by atoms with Gasteiger partial charge in [0.05, 0.1) is 17.6 Å². The van der Waals surface area contributed by atoms with Gasteiger partial charge in [-0.25, -0.2) is 0 Å². The van der Waals surface area contributed by atoms with Crippen LogP contribution in [0.15, 0.2) is 18.2 Å². The van der Waals surface area contributed by atoms with Gasteiger partial charge in [-0.15, -0.1) is 0 Å². The number of ether oxygens (including phenoxy) is 1. The molecule has 19 heavy (non-hydrogen) atoms. The van der Waals surface area contributed by atoms with Crippen molar-refractivity contribution in [1.29, 1.82) is 0 Å². The Morgan fingerprint density at radius 1 is 1.58 bits per heavy atom. The van der Waals surface area contributed by atoms with E-state index in [1.807, 2.05) is 18.0 Å². The molecule has 1 atom stereocenters. The van der Waals surface area contributed by atoms with E-state index in [1.165, 1.54) is 0 Å². The summed E-state index contributed by atoms with van der Waals surface area (Å²) in [5.41, 5.74) is 1.49. The molecule has 0 spiro atoms. The van der Waals surface area contributed by atoms with E-state index in [2.05, 4.69) is 5.32 Å². The summed E-state index contributed by atoms with van der Waals surface area (Å²) in [4.78, 5) is 12.7. The second-order valence-corrected chi connectivity index (χ2v) is 4.78. The van der Waals surface area contributed by atoms with Gasteiger partial charge in [-0.1, -0.05) is 12.1 Å². The van der Waals surface area contributed by atoms with Crippen LogP contribution in [0.3, 0.4) is 0 Å². The van der Waals surface area contributed by atoms with Crippen molar-refractivity contribution in [2.24, 2.45) is 0 Å². The Kier molecular flexibility index (Phi) is 4.34. The molecule has 1 unspecified atom stereocenters. The summed E-state index contributed by atoms with van der Waals surface area (Å²) in [5, 5.41) is 14.4. The maximum absolute atomic E-state index is 11.2. The van der Waals surface area contributed by atoms with E-state index in [0.29, 0.717) is 24.4 Å². The summed E-state index contributed by atoms with van der Waals surface area (Å²) in [6.45, 7) is 4.73. The molecule has 1 aliphatic heterocycles. The van der Waals surface area contributed by atoms with Gasteiger partial charge in [-0.3, -0.25) is 10.1 Å². The number of benzene rings is 1. The molecule has 0 saturated carbocycles. The zero-order chi connectivity index (χ0) is 13.8. The van der Waals surface area contributed by atoms with Crippen molar-refractivity contribution in [2.45, 2.75) is 13.0 Å². The zero-order valence-corrected chi connectivity index (χ0v) is 11.3. The van der Waals surface area contributed by atoms with Crippen molar-refractivity contribution in [3.05, 3.63) is 33.9 Å². The Morgan fingerprint density at radius 2 is 2.37 bits per heavy atom. The maximum Gasteiger partial charge on any atom is 0.295 e. The van der Waals surface area contributed by atoms with Crippen LogP contribution in [-0.4, -0.2) is 44.3 Å². The first-order valence-corrected chi connectivity index (χ1v) is 6.37. The molecular formula is C13H19N3O3. The fourth-order valence-electron chi connectivity index (χ4n) is 2.33. The molecule has 1 aliphatic rings. The van der Waals surface area contributed by atoms with Crippen LogP contribution in [0.1, 0.15) is 5.56 Å². The van der Waals surface area contributed by atoms with Crippen LogP contribution in [0, 0.1) is 17.0 Å². The number of hydrogen-bond donors (Lipinski definition) is 1. The molecule has 1 fully saturated rings. The van der Waals surface area contributed by atoms with Crippen molar-refractivity contribution >= 4 is 11.4 Å². The predicted octanol–water partition coefficient (Wildman–Crippen LogP) is 1.33. The van der Waals surface area contributed by atoms with Crippen molar-refractivity contribution in [1.82, 2.24) is 5.32 Å². The van der Waals surface area contributed by atoms with Crippen LogP contribution < -0.4 is 10.2 Å². The number of nitrogens with zero attached hydrogens (tertiary/aromatic N) is 2. The van der Waals surface area contributed by atoms with Gasteiger partial charge < -0.3 is 15.0 Å². The highest BCUT2D eigenvalue weighted by molar-refractivity contribution is 5.66. The molecule has 1 heterocycles. The van der Waals surface area contributed by atoms with E-state index >= 15 is 0 Å². The molecule has 1 N–H and O–H groups in total. The first-order valence-electron chi connectivity index (χ1n) is 6.37. The third kappa shape index (κ3) is 3.21. The number of likely N-dealkylation sites (N-methyl/N-ethyl adjacent to an activating group) is 1. The average Bonchev–Trinajstić information content (AvgIpc) is 2.39. The Morgan fingerprint density at radius 3 is 3.00 bits per heavy atom. The highest BCUT2D eigenvalue weighted by Crippen LogP contribution is 2.30. The number of aryl methyl sites for hydroxylation is 1. The third-order valence-corrected chi connectivity index (χ3v) is 3.29. The topological polar surface area (TPSA) is 67.6 Å². The molecule has 1 aromatic rings. The van der Waals surface area contributed by atoms with Gasteiger partial charge in [0.2, 0.25) is 0 Å². The number of hydrogen-bond acceptors (Lipinski definition) is 5. The number of nitrogens with one attached hydrogen (secondary N) is 1. The zero-order valence-electron chi connectivity index (χ0n) is 11.3. The number of anilines is 1. The SMILES string of the molecule is Cc1cccc(N(C)CC2CNCCO2)c1[N+](=O)[O-]. The van der Waals surface area contributed by atoms with Crippen molar-refractivity contribution in [3.63, 3.8) is 0 Å². The van der Waals surface area contributed by atoms with Crippen LogP contribution in [-0.2, 0) is 4.74 Å². The number of morpholine rings is 1. The smallest absolute Gasteiger partial charge is 0.295 e. The standard InChI is InChI=1S/C13H19N3O3/c1-10-4-3-5-12(13(10)16(17)18)15(2)9-11-8-14-6-7-19-11/h3-5,11,14H,6-9H2,1-2H3. The number of nitro benzene ring substituents is 1. The molecule has 0 aliphatic carbocycles. The fourth-order valence-corrected chi connectivity index (χ4v) is 2.33. The lowest BCUT2D eigenvalue weighted by Gasteiger charge is -2.29. The first kappa shape index (κ1) is 13.8. The Labute approximate surface area is 112 Å². The number of nitro groups is 1. The Hall–Kier alpha value is -1.66. The normalized spacial score (nSPS) is 19.2. The monoisotopic (exact) mass is 265 g/mol.